The van der Waals surface area contributed by atoms with E-state index in [1.54, 1.807) is 55.8 Å². The summed E-state index contributed by atoms with van der Waals surface area (Å²) in [6, 6.07) is 14.0. The summed E-state index contributed by atoms with van der Waals surface area (Å²) in [6.07, 6.45) is 0.566. The van der Waals surface area contributed by atoms with Crippen molar-refractivity contribution >= 4 is 39.0 Å². The molecule has 1 aliphatic heterocycles. The number of anilines is 2. The number of ether oxygens (including phenoxy) is 2. The number of methoxy groups -OCH3 is 1. The smallest absolute Gasteiger partial charge is 0.344 e. The Bertz CT molecular complexity index is 1350. The molecular formula is C22H17N3O5S. The van der Waals surface area contributed by atoms with Gasteiger partial charge in [-0.1, -0.05) is 12.1 Å². The lowest BCUT2D eigenvalue weighted by atomic mass is 9.94. The first-order valence-corrected chi connectivity index (χ1v) is 10.3. The van der Waals surface area contributed by atoms with Gasteiger partial charge in [-0.15, -0.1) is 11.3 Å². The largest absolute Gasteiger partial charge is 0.497 e. The van der Waals surface area contributed by atoms with Crippen molar-refractivity contribution in [2.75, 3.05) is 18.2 Å². The maximum Gasteiger partial charge on any atom is 0.344 e. The van der Waals surface area contributed by atoms with Crippen LogP contribution in [0.2, 0.25) is 0 Å². The van der Waals surface area contributed by atoms with Gasteiger partial charge in [0.2, 0.25) is 0 Å². The second-order valence-electron chi connectivity index (χ2n) is 6.96. The predicted octanol–water partition coefficient (Wildman–Crippen LogP) is 3.37. The molecule has 9 heteroatoms. The Morgan fingerprint density at radius 1 is 1.19 bits per heavy atom. The molecule has 0 spiro atoms. The summed E-state index contributed by atoms with van der Waals surface area (Å²) < 4.78 is 16.8. The number of carbonyl (C=O) groups is 1. The number of nitrogen functional groups attached to an aromatic ring is 1. The highest BCUT2D eigenvalue weighted by Gasteiger charge is 2.45. The summed E-state index contributed by atoms with van der Waals surface area (Å²) in [6.45, 7) is 0. The number of para-hydroxylation sites is 1. The fraction of sp³-hybridized carbons (Fsp3) is 0.136. The summed E-state index contributed by atoms with van der Waals surface area (Å²) in [5.74, 6) is -0.0750. The molecule has 1 aliphatic rings. The summed E-state index contributed by atoms with van der Waals surface area (Å²) in [5, 5.41) is 3.81. The van der Waals surface area contributed by atoms with Crippen molar-refractivity contribution in [2.24, 2.45) is 0 Å². The Morgan fingerprint density at radius 2 is 1.97 bits per heavy atom. The number of benzene rings is 2. The van der Waals surface area contributed by atoms with Gasteiger partial charge in [-0.05, 0) is 36.4 Å². The van der Waals surface area contributed by atoms with E-state index in [4.69, 9.17) is 19.6 Å². The Kier molecular flexibility index (Phi) is 4.59. The van der Waals surface area contributed by atoms with E-state index in [9.17, 15) is 9.59 Å². The molecule has 0 saturated heterocycles. The number of rotatable bonds is 4. The third-order valence-electron chi connectivity index (χ3n) is 5.12. The average molecular weight is 435 g/mol. The molecule has 2 atom stereocenters. The van der Waals surface area contributed by atoms with E-state index in [1.807, 2.05) is 6.07 Å². The van der Waals surface area contributed by atoms with E-state index in [0.717, 1.165) is 0 Å². The zero-order valence-electron chi connectivity index (χ0n) is 16.3. The topological polar surface area (TPSA) is 117 Å². The van der Waals surface area contributed by atoms with E-state index < -0.39 is 23.6 Å². The molecule has 31 heavy (non-hydrogen) atoms. The van der Waals surface area contributed by atoms with E-state index in [0.29, 0.717) is 38.2 Å². The molecule has 2 aromatic heterocycles. The minimum Gasteiger partial charge on any atom is -0.497 e. The molecule has 0 saturated carbocycles. The van der Waals surface area contributed by atoms with Crippen LogP contribution in [0.4, 0.5) is 10.8 Å². The molecule has 3 N–H and O–H groups in total. The van der Waals surface area contributed by atoms with Gasteiger partial charge in [-0.25, -0.2) is 9.78 Å². The molecule has 0 radical (unpaired) electrons. The van der Waals surface area contributed by atoms with Crippen LogP contribution in [0, 0.1) is 0 Å². The van der Waals surface area contributed by atoms with E-state index in [1.165, 1.54) is 11.3 Å². The van der Waals surface area contributed by atoms with Crippen LogP contribution < -0.4 is 26.1 Å². The molecule has 8 nitrogen and oxygen atoms in total. The van der Waals surface area contributed by atoms with Crippen LogP contribution in [0.5, 0.6) is 11.5 Å². The minimum absolute atomic E-state index is 0.289. The quantitative estimate of drug-likeness (QED) is 0.472. The molecule has 3 heterocycles. The average Bonchev–Trinajstić information content (AvgIpc) is 3.38. The molecule has 0 aliphatic carbocycles. The second-order valence-corrected chi connectivity index (χ2v) is 8.06. The first kappa shape index (κ1) is 19.1. The third kappa shape index (κ3) is 3.28. The van der Waals surface area contributed by atoms with Crippen molar-refractivity contribution in [3.63, 3.8) is 0 Å². The third-order valence-corrected chi connectivity index (χ3v) is 6.03. The van der Waals surface area contributed by atoms with Crippen molar-refractivity contribution in [3.8, 4) is 11.5 Å². The summed E-state index contributed by atoms with van der Waals surface area (Å²) in [5.41, 5.74) is 6.53. The normalized spacial score (nSPS) is 17.2. The Balaban J connectivity index is 1.58. The lowest BCUT2D eigenvalue weighted by molar-refractivity contribution is -0.122. The van der Waals surface area contributed by atoms with E-state index >= 15 is 0 Å². The number of nitrogens with one attached hydrogen (secondary N) is 1. The number of fused-ring (bicyclic) bond motifs is 3. The first-order chi connectivity index (χ1) is 15.0. The van der Waals surface area contributed by atoms with Gasteiger partial charge in [0.25, 0.3) is 5.91 Å². The van der Waals surface area contributed by atoms with Gasteiger partial charge in [0.05, 0.1) is 24.0 Å². The molecule has 0 bridgehead atoms. The van der Waals surface area contributed by atoms with Gasteiger partial charge >= 0.3 is 5.63 Å². The van der Waals surface area contributed by atoms with Crippen molar-refractivity contribution in [1.29, 1.82) is 0 Å². The SMILES string of the molecule is COc1ccc(NC(=O)[C@H]2Oc3c(c(=O)oc4ccccc34)[C@@H]2c2cnc(N)s2)cc1. The van der Waals surface area contributed by atoms with Gasteiger partial charge in [0, 0.05) is 16.8 Å². The van der Waals surface area contributed by atoms with E-state index in [2.05, 4.69) is 10.3 Å². The standard InChI is InChI=1S/C22H17N3O5S/c1-28-12-8-6-11(7-9-12)25-20(26)19-16(15-10-24-22(23)31-15)17-18(30-19)13-4-2-3-5-14(13)29-21(17)27/h2-10,16,19H,1H3,(H2,23,24)(H,25,26)/t16-,19-/m0/s1. The number of aromatic nitrogens is 1. The Labute approximate surface area is 180 Å². The molecule has 4 aromatic rings. The number of amides is 1. The fourth-order valence-corrected chi connectivity index (χ4v) is 4.53. The summed E-state index contributed by atoms with van der Waals surface area (Å²) in [7, 11) is 1.57. The van der Waals surface area contributed by atoms with Gasteiger partial charge in [-0.2, -0.15) is 0 Å². The van der Waals surface area contributed by atoms with Gasteiger partial charge < -0.3 is 24.9 Å². The Morgan fingerprint density at radius 3 is 2.68 bits per heavy atom. The maximum atomic E-state index is 13.2. The fourth-order valence-electron chi connectivity index (χ4n) is 3.71. The van der Waals surface area contributed by atoms with Crippen LogP contribution in [0.15, 0.2) is 63.9 Å². The molecule has 1 amide bonds. The molecule has 5 rings (SSSR count). The zero-order valence-corrected chi connectivity index (χ0v) is 17.1. The highest BCUT2D eigenvalue weighted by atomic mass is 32.1. The second kappa shape index (κ2) is 7.44. The van der Waals surface area contributed by atoms with Gasteiger partial charge in [0.1, 0.15) is 17.1 Å². The Hall–Kier alpha value is -3.85. The number of nitrogens with two attached hydrogens (primary N) is 1. The number of hydrogen-bond acceptors (Lipinski definition) is 8. The van der Waals surface area contributed by atoms with Crippen LogP contribution in [0.3, 0.4) is 0 Å². The van der Waals surface area contributed by atoms with E-state index in [-0.39, 0.29) is 5.56 Å². The van der Waals surface area contributed by atoms with Crippen molar-refractivity contribution in [1.82, 2.24) is 4.98 Å². The first-order valence-electron chi connectivity index (χ1n) is 9.43. The van der Waals surface area contributed by atoms with Crippen LogP contribution in [-0.2, 0) is 4.79 Å². The van der Waals surface area contributed by atoms with Crippen molar-refractivity contribution < 1.29 is 18.7 Å². The number of thiazole rings is 1. The highest BCUT2D eigenvalue weighted by molar-refractivity contribution is 7.15. The molecule has 2 aromatic carbocycles. The van der Waals surface area contributed by atoms with Crippen LogP contribution >= 0.6 is 11.3 Å². The number of hydrogen-bond donors (Lipinski definition) is 2. The van der Waals surface area contributed by atoms with Crippen LogP contribution in [0.25, 0.3) is 11.0 Å². The maximum absolute atomic E-state index is 13.2. The van der Waals surface area contributed by atoms with Crippen molar-refractivity contribution in [3.05, 3.63) is 75.6 Å². The lowest BCUT2D eigenvalue weighted by Crippen LogP contribution is -2.35. The molecule has 0 fully saturated rings. The predicted molar refractivity (Wildman–Crippen MR) is 117 cm³/mol. The highest BCUT2D eigenvalue weighted by Crippen LogP contribution is 2.46. The number of nitrogens with zero attached hydrogens (tertiary/aromatic N) is 1. The van der Waals surface area contributed by atoms with Gasteiger partial charge in [0.15, 0.2) is 11.2 Å². The zero-order chi connectivity index (χ0) is 21.5. The summed E-state index contributed by atoms with van der Waals surface area (Å²) in [4.78, 5) is 30.8. The minimum atomic E-state index is -0.995. The monoisotopic (exact) mass is 435 g/mol. The van der Waals surface area contributed by atoms with Gasteiger partial charge in [-0.3, -0.25) is 4.79 Å². The molecule has 156 valence electrons. The molecule has 0 unspecified atom stereocenters. The molecular weight excluding hydrogens is 418 g/mol. The lowest BCUT2D eigenvalue weighted by Gasteiger charge is -2.17. The van der Waals surface area contributed by atoms with Crippen LogP contribution in [0.1, 0.15) is 16.4 Å². The number of carbonyl (C=O) groups excluding carboxylic acids is 1. The van der Waals surface area contributed by atoms with Crippen molar-refractivity contribution in [2.45, 2.75) is 12.0 Å². The van der Waals surface area contributed by atoms with Crippen LogP contribution in [-0.4, -0.2) is 24.1 Å². The summed E-state index contributed by atoms with van der Waals surface area (Å²) >= 11 is 1.20.